The predicted molar refractivity (Wildman–Crippen MR) is 94.7 cm³/mol. The maximum Gasteiger partial charge on any atom is 0.127 e. The number of hydrogen-bond acceptors (Lipinski definition) is 2. The highest BCUT2D eigenvalue weighted by Crippen LogP contribution is 2.23. The zero-order valence-corrected chi connectivity index (χ0v) is 14.3. The Morgan fingerprint density at radius 3 is 2.54 bits per heavy atom. The molecular weight excluding hydrogens is 348 g/mol. The Morgan fingerprint density at radius 1 is 1.12 bits per heavy atom. The number of rotatable bonds is 6. The van der Waals surface area contributed by atoms with E-state index in [0.717, 1.165) is 11.4 Å². The summed E-state index contributed by atoms with van der Waals surface area (Å²) in [5.74, 6) is 0.552. The monoisotopic (exact) mass is 363 g/mol. The smallest absolute Gasteiger partial charge is 0.127 e. The summed E-state index contributed by atoms with van der Waals surface area (Å²) >= 11 is 12.1. The summed E-state index contributed by atoms with van der Waals surface area (Å²) in [4.78, 5) is 7.42. The SMILES string of the molecule is Fc1ccccc1CNC(Cc1cc(Cl)cc(Cl)c1)c1ncc[nH]1. The standard InChI is InChI=1S/C18H16Cl2FN3/c19-14-7-12(8-15(20)10-14)9-17(18-22-5-6-23-18)24-11-13-3-1-2-4-16(13)21/h1-8,10,17,24H,9,11H2,(H,22,23). The summed E-state index contributed by atoms with van der Waals surface area (Å²) < 4.78 is 13.8. The Bertz CT molecular complexity index is 786. The van der Waals surface area contributed by atoms with Gasteiger partial charge < -0.3 is 10.3 Å². The lowest BCUT2D eigenvalue weighted by Gasteiger charge is -2.17. The number of H-pyrrole nitrogens is 1. The van der Waals surface area contributed by atoms with Crippen molar-refractivity contribution in [3.63, 3.8) is 0 Å². The molecule has 2 N–H and O–H groups in total. The summed E-state index contributed by atoms with van der Waals surface area (Å²) in [5, 5.41) is 4.52. The number of halogens is 3. The van der Waals surface area contributed by atoms with Gasteiger partial charge in [-0.3, -0.25) is 0 Å². The molecule has 0 radical (unpaired) electrons. The second kappa shape index (κ2) is 7.79. The van der Waals surface area contributed by atoms with Crippen molar-refractivity contribution in [3.05, 3.63) is 87.7 Å². The van der Waals surface area contributed by atoms with Crippen LogP contribution in [0.25, 0.3) is 0 Å². The first-order chi connectivity index (χ1) is 11.6. The zero-order valence-electron chi connectivity index (χ0n) is 12.8. The minimum absolute atomic E-state index is 0.117. The van der Waals surface area contributed by atoms with Gasteiger partial charge in [0.05, 0.1) is 6.04 Å². The molecule has 0 amide bonds. The summed E-state index contributed by atoms with van der Waals surface area (Å²) in [5.41, 5.74) is 1.59. The first-order valence-corrected chi connectivity index (χ1v) is 8.28. The average molecular weight is 364 g/mol. The molecule has 6 heteroatoms. The fourth-order valence-corrected chi connectivity index (χ4v) is 3.14. The maximum absolute atomic E-state index is 13.8. The molecule has 0 aliphatic heterocycles. The second-order valence-corrected chi connectivity index (χ2v) is 6.35. The maximum atomic E-state index is 13.8. The molecule has 1 atom stereocenters. The van der Waals surface area contributed by atoms with Crippen molar-refractivity contribution < 1.29 is 4.39 Å². The van der Waals surface area contributed by atoms with Crippen LogP contribution in [-0.2, 0) is 13.0 Å². The Balaban J connectivity index is 1.78. The molecule has 1 heterocycles. The molecule has 0 saturated carbocycles. The van der Waals surface area contributed by atoms with Gasteiger partial charge in [0, 0.05) is 34.5 Å². The molecule has 1 aromatic heterocycles. The normalized spacial score (nSPS) is 12.3. The molecule has 3 aromatic rings. The molecule has 0 aliphatic carbocycles. The van der Waals surface area contributed by atoms with E-state index in [1.807, 2.05) is 18.2 Å². The second-order valence-electron chi connectivity index (χ2n) is 5.48. The molecule has 1 unspecified atom stereocenters. The van der Waals surface area contributed by atoms with Crippen LogP contribution in [0.15, 0.2) is 54.9 Å². The van der Waals surface area contributed by atoms with Crippen LogP contribution in [0.3, 0.4) is 0 Å². The number of benzene rings is 2. The lowest BCUT2D eigenvalue weighted by molar-refractivity contribution is 0.495. The number of hydrogen-bond donors (Lipinski definition) is 2. The van der Waals surface area contributed by atoms with Gasteiger partial charge in [0.1, 0.15) is 11.6 Å². The van der Waals surface area contributed by atoms with Crippen LogP contribution in [0.4, 0.5) is 4.39 Å². The Labute approximate surface area is 149 Å². The molecule has 3 rings (SSSR count). The van der Waals surface area contributed by atoms with E-state index in [0.29, 0.717) is 28.6 Å². The van der Waals surface area contributed by atoms with Gasteiger partial charge in [0.15, 0.2) is 0 Å². The summed E-state index contributed by atoms with van der Waals surface area (Å²) in [7, 11) is 0. The largest absolute Gasteiger partial charge is 0.347 e. The van der Waals surface area contributed by atoms with E-state index >= 15 is 0 Å². The number of imidazole rings is 1. The first kappa shape index (κ1) is 17.0. The number of nitrogens with zero attached hydrogens (tertiary/aromatic N) is 1. The van der Waals surface area contributed by atoms with Crippen molar-refractivity contribution in [2.75, 3.05) is 0 Å². The van der Waals surface area contributed by atoms with Gasteiger partial charge in [-0.2, -0.15) is 0 Å². The van der Waals surface area contributed by atoms with E-state index in [1.165, 1.54) is 6.07 Å². The van der Waals surface area contributed by atoms with Gasteiger partial charge >= 0.3 is 0 Å². The zero-order chi connectivity index (χ0) is 16.9. The van der Waals surface area contributed by atoms with Crippen LogP contribution in [0.5, 0.6) is 0 Å². The molecular formula is C18H16Cl2FN3. The fraction of sp³-hybridized carbons (Fsp3) is 0.167. The quantitative estimate of drug-likeness (QED) is 0.651. The Morgan fingerprint density at radius 2 is 1.88 bits per heavy atom. The van der Waals surface area contributed by atoms with Gasteiger partial charge in [0.2, 0.25) is 0 Å². The topological polar surface area (TPSA) is 40.7 Å². The third-order valence-electron chi connectivity index (χ3n) is 3.71. The van der Waals surface area contributed by atoms with E-state index < -0.39 is 0 Å². The van der Waals surface area contributed by atoms with Crippen LogP contribution in [0.2, 0.25) is 10.0 Å². The summed E-state index contributed by atoms with van der Waals surface area (Å²) in [6.07, 6.45) is 4.08. The third kappa shape index (κ3) is 4.35. The van der Waals surface area contributed by atoms with Crippen LogP contribution < -0.4 is 5.32 Å². The van der Waals surface area contributed by atoms with E-state index in [9.17, 15) is 4.39 Å². The summed E-state index contributed by atoms with van der Waals surface area (Å²) in [6.45, 7) is 0.395. The van der Waals surface area contributed by atoms with Gasteiger partial charge in [-0.15, -0.1) is 0 Å². The average Bonchev–Trinajstić information content (AvgIpc) is 3.06. The molecule has 2 aromatic carbocycles. The molecule has 3 nitrogen and oxygen atoms in total. The van der Waals surface area contributed by atoms with Gasteiger partial charge in [0.25, 0.3) is 0 Å². The molecule has 0 bridgehead atoms. The highest BCUT2D eigenvalue weighted by atomic mass is 35.5. The number of aromatic amines is 1. The van der Waals surface area contributed by atoms with E-state index in [2.05, 4.69) is 15.3 Å². The lowest BCUT2D eigenvalue weighted by atomic mass is 10.0. The van der Waals surface area contributed by atoms with Crippen molar-refractivity contribution in [3.8, 4) is 0 Å². The minimum atomic E-state index is -0.228. The van der Waals surface area contributed by atoms with Crippen LogP contribution in [0.1, 0.15) is 23.0 Å². The van der Waals surface area contributed by atoms with Gasteiger partial charge in [-0.25, -0.2) is 9.37 Å². The lowest BCUT2D eigenvalue weighted by Crippen LogP contribution is -2.24. The van der Waals surface area contributed by atoms with Crippen molar-refractivity contribution in [2.24, 2.45) is 0 Å². The third-order valence-corrected chi connectivity index (χ3v) is 4.14. The van der Waals surface area contributed by atoms with Crippen LogP contribution >= 0.6 is 23.2 Å². The minimum Gasteiger partial charge on any atom is -0.347 e. The molecule has 124 valence electrons. The first-order valence-electron chi connectivity index (χ1n) is 7.53. The van der Waals surface area contributed by atoms with E-state index in [4.69, 9.17) is 23.2 Å². The number of nitrogens with one attached hydrogen (secondary N) is 2. The molecule has 24 heavy (non-hydrogen) atoms. The highest BCUT2D eigenvalue weighted by Gasteiger charge is 2.16. The van der Waals surface area contributed by atoms with Crippen LogP contribution in [0, 0.1) is 5.82 Å². The Kier molecular flexibility index (Phi) is 5.51. The van der Waals surface area contributed by atoms with E-state index in [1.54, 1.807) is 30.6 Å². The van der Waals surface area contributed by atoms with Crippen molar-refractivity contribution in [1.82, 2.24) is 15.3 Å². The predicted octanol–water partition coefficient (Wildman–Crippen LogP) is 4.93. The van der Waals surface area contributed by atoms with Crippen molar-refractivity contribution >= 4 is 23.2 Å². The van der Waals surface area contributed by atoms with Crippen molar-refractivity contribution in [1.29, 1.82) is 0 Å². The fourth-order valence-electron chi connectivity index (χ4n) is 2.57. The summed E-state index contributed by atoms with van der Waals surface area (Å²) in [6, 6.07) is 12.0. The number of aromatic nitrogens is 2. The van der Waals surface area contributed by atoms with E-state index in [-0.39, 0.29) is 11.9 Å². The molecule has 0 fully saturated rings. The van der Waals surface area contributed by atoms with Gasteiger partial charge in [-0.1, -0.05) is 41.4 Å². The highest BCUT2D eigenvalue weighted by molar-refractivity contribution is 6.34. The van der Waals surface area contributed by atoms with Crippen LogP contribution in [-0.4, -0.2) is 9.97 Å². The van der Waals surface area contributed by atoms with Gasteiger partial charge in [-0.05, 0) is 36.2 Å². The Hall–Kier alpha value is -1.88. The molecule has 0 saturated heterocycles. The molecule has 0 spiro atoms. The van der Waals surface area contributed by atoms with Crippen molar-refractivity contribution in [2.45, 2.75) is 19.0 Å². The molecule has 0 aliphatic rings.